The van der Waals surface area contributed by atoms with Crippen LogP contribution in [-0.2, 0) is 4.74 Å². The molecule has 1 amide bonds. The van der Waals surface area contributed by atoms with E-state index in [0.717, 1.165) is 10.8 Å². The van der Waals surface area contributed by atoms with E-state index in [1.807, 2.05) is 81.4 Å². The summed E-state index contributed by atoms with van der Waals surface area (Å²) in [6.45, 7) is 5.48. The third-order valence-corrected chi connectivity index (χ3v) is 4.99. The van der Waals surface area contributed by atoms with Gasteiger partial charge in [-0.25, -0.2) is 4.79 Å². The van der Waals surface area contributed by atoms with Gasteiger partial charge in [0, 0.05) is 11.1 Å². The lowest BCUT2D eigenvalue weighted by Gasteiger charge is -2.28. The Bertz CT molecular complexity index is 1280. The van der Waals surface area contributed by atoms with Crippen LogP contribution in [0.15, 0.2) is 97.1 Å². The number of rotatable bonds is 5. The monoisotopic (exact) mass is 438 g/mol. The van der Waals surface area contributed by atoms with E-state index < -0.39 is 11.7 Å². The molecule has 0 heterocycles. The van der Waals surface area contributed by atoms with Crippen LogP contribution in [0.3, 0.4) is 0 Å². The number of nitrogens with one attached hydrogen (secondary N) is 1. The highest BCUT2D eigenvalue weighted by Crippen LogP contribution is 2.25. The first-order chi connectivity index (χ1) is 15.8. The summed E-state index contributed by atoms with van der Waals surface area (Å²) >= 11 is 0. The van der Waals surface area contributed by atoms with Gasteiger partial charge >= 0.3 is 6.09 Å². The van der Waals surface area contributed by atoms with Crippen LogP contribution in [-0.4, -0.2) is 17.5 Å². The smallest absolute Gasteiger partial charge is 0.433 e. The second kappa shape index (κ2) is 9.17. The molecule has 5 nitrogen and oxygen atoms in total. The fraction of sp³-hybridized carbons (Fsp3) is 0.143. The highest BCUT2D eigenvalue weighted by Gasteiger charge is 2.24. The molecule has 0 unspecified atom stereocenters. The zero-order chi connectivity index (χ0) is 23.4. The number of nitrogens with zero attached hydrogens (tertiary/aromatic N) is 1. The van der Waals surface area contributed by atoms with Crippen LogP contribution in [0.2, 0.25) is 0 Å². The largest absolute Gasteiger partial charge is 0.442 e. The number of anilines is 2. The van der Waals surface area contributed by atoms with E-state index in [0.29, 0.717) is 22.5 Å². The van der Waals surface area contributed by atoms with Gasteiger partial charge in [-0.3, -0.25) is 10.2 Å². The number of carbonyl (C=O) groups is 2. The minimum absolute atomic E-state index is 0.0549. The van der Waals surface area contributed by atoms with Crippen molar-refractivity contribution in [1.29, 1.82) is 0 Å². The summed E-state index contributed by atoms with van der Waals surface area (Å²) in [5.41, 5.74) is 4.98. The van der Waals surface area contributed by atoms with Crippen molar-refractivity contribution in [3.63, 3.8) is 0 Å². The third kappa shape index (κ3) is 5.39. The van der Waals surface area contributed by atoms with Crippen LogP contribution in [0, 0.1) is 0 Å². The average molecular weight is 439 g/mol. The standard InChI is InChI=1S/C28H26N2O3/c1-28(2,3)33-27(32)30(25-18-15-20-9-7-8-12-23(20)19-25)29-24-16-13-22(14-17-24)26(31)21-10-5-4-6-11-21/h4-19,29H,1-3H3. The molecule has 4 aromatic rings. The Morgan fingerprint density at radius 2 is 1.33 bits per heavy atom. The Labute approximate surface area is 193 Å². The third-order valence-electron chi connectivity index (χ3n) is 4.99. The Balaban J connectivity index is 1.62. The van der Waals surface area contributed by atoms with Crippen molar-refractivity contribution in [2.24, 2.45) is 0 Å². The summed E-state index contributed by atoms with van der Waals surface area (Å²) < 4.78 is 5.63. The number of ether oxygens (including phenoxy) is 1. The van der Waals surface area contributed by atoms with Crippen LogP contribution in [0.5, 0.6) is 0 Å². The molecule has 0 saturated heterocycles. The van der Waals surface area contributed by atoms with E-state index in [1.54, 1.807) is 36.4 Å². The molecular weight excluding hydrogens is 412 g/mol. The summed E-state index contributed by atoms with van der Waals surface area (Å²) in [6, 6.07) is 29.9. The molecule has 0 radical (unpaired) electrons. The first-order valence-electron chi connectivity index (χ1n) is 10.8. The van der Waals surface area contributed by atoms with Gasteiger partial charge in [-0.1, -0.05) is 60.7 Å². The molecule has 0 aliphatic rings. The fourth-order valence-corrected chi connectivity index (χ4v) is 3.42. The van der Waals surface area contributed by atoms with Gasteiger partial charge in [0.05, 0.1) is 11.4 Å². The van der Waals surface area contributed by atoms with E-state index in [2.05, 4.69) is 5.43 Å². The van der Waals surface area contributed by atoms with Crippen LogP contribution in [0.1, 0.15) is 36.7 Å². The SMILES string of the molecule is CC(C)(C)OC(=O)N(Nc1ccc(C(=O)c2ccccc2)cc1)c1ccc2ccccc2c1. The molecule has 33 heavy (non-hydrogen) atoms. The van der Waals surface area contributed by atoms with E-state index in [4.69, 9.17) is 4.74 Å². The summed E-state index contributed by atoms with van der Waals surface area (Å²) in [4.78, 5) is 25.7. The van der Waals surface area contributed by atoms with E-state index >= 15 is 0 Å². The predicted molar refractivity (Wildman–Crippen MR) is 133 cm³/mol. The minimum atomic E-state index is -0.653. The molecule has 4 aromatic carbocycles. The molecule has 0 aliphatic carbocycles. The summed E-state index contributed by atoms with van der Waals surface area (Å²) in [5, 5.41) is 3.47. The molecule has 0 saturated carbocycles. The Hall–Kier alpha value is -4.12. The summed E-state index contributed by atoms with van der Waals surface area (Å²) in [5.74, 6) is -0.0549. The van der Waals surface area contributed by atoms with Crippen molar-refractivity contribution < 1.29 is 14.3 Å². The highest BCUT2D eigenvalue weighted by atomic mass is 16.6. The molecule has 0 aliphatic heterocycles. The lowest BCUT2D eigenvalue weighted by molar-refractivity contribution is 0.0589. The van der Waals surface area contributed by atoms with Crippen molar-refractivity contribution in [1.82, 2.24) is 0 Å². The highest BCUT2D eigenvalue weighted by molar-refractivity contribution is 6.09. The Kier molecular flexibility index (Phi) is 6.13. The van der Waals surface area contributed by atoms with Crippen molar-refractivity contribution in [2.75, 3.05) is 10.4 Å². The number of amides is 1. The number of hydrazine groups is 1. The summed E-state index contributed by atoms with van der Waals surface area (Å²) in [6.07, 6.45) is -0.526. The molecule has 4 rings (SSSR count). The Morgan fingerprint density at radius 1 is 0.727 bits per heavy atom. The first kappa shape index (κ1) is 22.1. The molecule has 0 spiro atoms. The van der Waals surface area contributed by atoms with E-state index in [9.17, 15) is 9.59 Å². The normalized spacial score (nSPS) is 11.1. The molecule has 0 fully saturated rings. The van der Waals surface area contributed by atoms with Crippen LogP contribution < -0.4 is 10.4 Å². The average Bonchev–Trinajstić information content (AvgIpc) is 2.81. The maximum atomic E-state index is 13.0. The molecule has 0 atom stereocenters. The van der Waals surface area contributed by atoms with Gasteiger partial charge < -0.3 is 4.74 Å². The second-order valence-corrected chi connectivity index (χ2v) is 8.73. The zero-order valence-electron chi connectivity index (χ0n) is 18.9. The lowest BCUT2D eigenvalue weighted by atomic mass is 10.0. The lowest BCUT2D eigenvalue weighted by Crippen LogP contribution is -2.40. The van der Waals surface area contributed by atoms with E-state index in [1.165, 1.54) is 5.01 Å². The molecule has 166 valence electrons. The molecule has 1 N–H and O–H groups in total. The number of hydrogen-bond donors (Lipinski definition) is 1. The maximum absolute atomic E-state index is 13.0. The van der Waals surface area contributed by atoms with Gasteiger partial charge in [0.1, 0.15) is 5.60 Å². The maximum Gasteiger partial charge on any atom is 0.433 e. The van der Waals surface area contributed by atoms with Gasteiger partial charge in [0.25, 0.3) is 0 Å². The minimum Gasteiger partial charge on any atom is -0.442 e. The van der Waals surface area contributed by atoms with Gasteiger partial charge in [-0.2, -0.15) is 5.01 Å². The number of fused-ring (bicyclic) bond motifs is 1. The van der Waals surface area contributed by atoms with E-state index in [-0.39, 0.29) is 5.78 Å². The number of benzene rings is 4. The predicted octanol–water partition coefficient (Wildman–Crippen LogP) is 6.84. The quantitative estimate of drug-likeness (QED) is 0.274. The van der Waals surface area contributed by atoms with Crippen LogP contribution in [0.4, 0.5) is 16.2 Å². The van der Waals surface area contributed by atoms with Crippen molar-refractivity contribution in [3.05, 3.63) is 108 Å². The summed E-state index contributed by atoms with van der Waals surface area (Å²) in [7, 11) is 0. The van der Waals surface area contributed by atoms with Crippen molar-refractivity contribution in [3.8, 4) is 0 Å². The van der Waals surface area contributed by atoms with Gasteiger partial charge in [0.15, 0.2) is 5.78 Å². The molecular formula is C28H26N2O3. The number of ketones is 1. The van der Waals surface area contributed by atoms with Crippen molar-refractivity contribution in [2.45, 2.75) is 26.4 Å². The van der Waals surface area contributed by atoms with Gasteiger partial charge in [0.2, 0.25) is 0 Å². The van der Waals surface area contributed by atoms with Crippen LogP contribution in [0.25, 0.3) is 10.8 Å². The van der Waals surface area contributed by atoms with Crippen LogP contribution >= 0.6 is 0 Å². The zero-order valence-corrected chi connectivity index (χ0v) is 18.9. The second-order valence-electron chi connectivity index (χ2n) is 8.73. The first-order valence-corrected chi connectivity index (χ1v) is 10.8. The number of carbonyl (C=O) groups excluding carboxylic acids is 2. The molecule has 0 bridgehead atoms. The Morgan fingerprint density at radius 3 is 2.00 bits per heavy atom. The van der Waals surface area contributed by atoms with Gasteiger partial charge in [-0.15, -0.1) is 0 Å². The van der Waals surface area contributed by atoms with Gasteiger partial charge in [-0.05, 0) is 67.9 Å². The molecule has 0 aromatic heterocycles. The number of hydrogen-bond acceptors (Lipinski definition) is 4. The molecule has 5 heteroatoms. The fourth-order valence-electron chi connectivity index (χ4n) is 3.42. The topological polar surface area (TPSA) is 58.6 Å². The van der Waals surface area contributed by atoms with Crippen molar-refractivity contribution >= 4 is 34.0 Å².